The number of amides is 1. The fourth-order valence-electron chi connectivity index (χ4n) is 9.89. The average molecular weight is 897 g/mol. The molecule has 3 aliphatic rings. The van der Waals surface area contributed by atoms with E-state index in [9.17, 15) is 35.2 Å². The van der Waals surface area contributed by atoms with Crippen LogP contribution in [0.25, 0.3) is 0 Å². The molecule has 66 heavy (non-hydrogen) atoms. The van der Waals surface area contributed by atoms with Crippen molar-refractivity contribution in [1.29, 1.82) is 5.26 Å². The predicted molar refractivity (Wildman–Crippen MR) is 247 cm³/mol. The molecule has 0 aromatic heterocycles. The van der Waals surface area contributed by atoms with Crippen LogP contribution in [0.2, 0.25) is 0 Å². The second-order valence-electron chi connectivity index (χ2n) is 16.9. The highest BCUT2D eigenvalue weighted by molar-refractivity contribution is 6.03. The van der Waals surface area contributed by atoms with E-state index in [1.54, 1.807) is 71.6 Å². The Hall–Kier alpha value is -6.66. The molecule has 1 aliphatic heterocycles. The summed E-state index contributed by atoms with van der Waals surface area (Å²) in [7, 11) is 0. The van der Waals surface area contributed by atoms with E-state index < -0.39 is 22.7 Å². The highest BCUT2D eigenvalue weighted by atomic mass is 16.7. The van der Waals surface area contributed by atoms with Crippen molar-refractivity contribution in [3.05, 3.63) is 153 Å². The minimum absolute atomic E-state index is 0.0174. The molecule has 1 heterocycles. The van der Waals surface area contributed by atoms with Crippen LogP contribution >= 0.6 is 0 Å². The summed E-state index contributed by atoms with van der Waals surface area (Å²) in [5, 5.41) is 45.8. The first kappa shape index (κ1) is 47.3. The molecule has 1 saturated carbocycles. The van der Waals surface area contributed by atoms with Gasteiger partial charge < -0.3 is 34.2 Å². The number of aliphatic hydroxyl groups is 2. The van der Waals surface area contributed by atoms with E-state index in [0.717, 1.165) is 43.1 Å². The number of aldehydes is 1. The van der Waals surface area contributed by atoms with Crippen molar-refractivity contribution in [2.75, 3.05) is 26.4 Å². The number of nitro groups is 1. The van der Waals surface area contributed by atoms with E-state index in [1.807, 2.05) is 25.1 Å². The second kappa shape index (κ2) is 22.0. The van der Waals surface area contributed by atoms with E-state index >= 15 is 0 Å². The Balaban J connectivity index is 1.44. The van der Waals surface area contributed by atoms with Crippen molar-refractivity contribution < 1.29 is 43.8 Å². The minimum Gasteiger partial charge on any atom is -0.459 e. The Kier molecular flexibility index (Phi) is 15.8. The summed E-state index contributed by atoms with van der Waals surface area (Å²) in [6.07, 6.45) is 9.63. The van der Waals surface area contributed by atoms with Crippen LogP contribution in [0.5, 0.6) is 17.2 Å². The van der Waals surface area contributed by atoms with Gasteiger partial charge in [0.2, 0.25) is 5.79 Å². The second-order valence-corrected chi connectivity index (χ2v) is 16.9. The molecule has 14 heteroatoms. The number of hydrogen-bond acceptors (Lipinski definition) is 12. The number of non-ortho nitro benzene ring substituents is 1. The first-order chi connectivity index (χ1) is 32.2. The van der Waals surface area contributed by atoms with Gasteiger partial charge in [0, 0.05) is 60.9 Å². The van der Waals surface area contributed by atoms with Gasteiger partial charge in [-0.1, -0.05) is 49.2 Å². The fourth-order valence-corrected chi connectivity index (χ4v) is 9.89. The molecule has 2 aliphatic carbocycles. The Morgan fingerprint density at radius 1 is 1.02 bits per heavy atom. The van der Waals surface area contributed by atoms with Crippen LogP contribution in [-0.2, 0) is 16.2 Å². The number of aliphatic hydroxyl groups excluding tert-OH is 2. The smallest absolute Gasteiger partial charge is 0.269 e. The van der Waals surface area contributed by atoms with Gasteiger partial charge in [-0.15, -0.1) is 6.58 Å². The standard InChI is InChI=1S/C52H56N4O10/c1-3-24-55(51(60)38-18-14-35(32-53)15-19-38)48-31-46(54-64-34-36-16-20-40(21-17-36)56(61)62)44-29-39(11-5-7-25-57)43(13-6-8-26-58)49-45-30-42(65-41-12-9-10-37(28-41)33-59)22-23-47(45)66-52(48,50(44)49)63-27-4-2/h4,9-10,12,14-23,28-30,33,39,43,48-50,57-58H,2-3,5-8,11,13,24-27,31,34H2,1H3/t39-,43+,48-,49+,50+,52+/m0/s1. The highest BCUT2D eigenvalue weighted by Crippen LogP contribution is 2.62. The maximum absolute atomic E-state index is 15.0. The van der Waals surface area contributed by atoms with Crippen molar-refractivity contribution in [3.8, 4) is 23.3 Å². The van der Waals surface area contributed by atoms with E-state index in [0.29, 0.717) is 71.0 Å². The van der Waals surface area contributed by atoms with Gasteiger partial charge in [-0.05, 0) is 122 Å². The monoisotopic (exact) mass is 896 g/mol. The van der Waals surface area contributed by atoms with Gasteiger partial charge in [-0.2, -0.15) is 5.26 Å². The normalized spacial score (nSPS) is 22.1. The molecule has 6 atom stereocenters. The first-order valence-corrected chi connectivity index (χ1v) is 22.7. The van der Waals surface area contributed by atoms with Gasteiger partial charge in [0.15, 0.2) is 0 Å². The molecule has 7 rings (SSSR count). The summed E-state index contributed by atoms with van der Waals surface area (Å²) in [4.78, 5) is 45.6. The van der Waals surface area contributed by atoms with E-state index in [2.05, 4.69) is 18.7 Å². The lowest BCUT2D eigenvalue weighted by molar-refractivity contribution is -0.384. The summed E-state index contributed by atoms with van der Waals surface area (Å²) in [5.74, 6) is -1.18. The molecule has 1 fully saturated rings. The first-order valence-electron chi connectivity index (χ1n) is 22.7. The molecule has 344 valence electrons. The summed E-state index contributed by atoms with van der Waals surface area (Å²) in [6.45, 7) is 6.52. The van der Waals surface area contributed by atoms with Gasteiger partial charge in [0.1, 0.15) is 36.2 Å². The van der Waals surface area contributed by atoms with Crippen LogP contribution in [0.4, 0.5) is 5.69 Å². The highest BCUT2D eigenvalue weighted by Gasteiger charge is 2.65. The van der Waals surface area contributed by atoms with Crippen molar-refractivity contribution >= 4 is 23.6 Å². The SMILES string of the molecule is C=CCO[C@@]12Oc3ccc(Oc4cccc(C=O)c4)cc3[C@H]3[C@H](CCCCO)[C@@H](CCCCO)C=C(C(=NOCc4ccc([N+](=O)[O-])cc4)C[C@@H]1N(CCC)C(=O)c1ccc(C#N)cc1)[C@H]32. The van der Waals surface area contributed by atoms with Crippen LogP contribution < -0.4 is 9.47 Å². The summed E-state index contributed by atoms with van der Waals surface area (Å²) >= 11 is 0. The number of allylic oxidation sites excluding steroid dienone is 1. The number of hydrogen-bond donors (Lipinski definition) is 2. The molecular weight excluding hydrogens is 841 g/mol. The van der Waals surface area contributed by atoms with E-state index in [4.69, 9.17) is 24.2 Å². The number of nitro benzene ring substituents is 1. The number of fused-ring (bicyclic) bond motifs is 2. The van der Waals surface area contributed by atoms with Gasteiger partial charge >= 0.3 is 0 Å². The third-order valence-electron chi connectivity index (χ3n) is 12.8. The van der Waals surface area contributed by atoms with Crippen molar-refractivity contribution in [1.82, 2.24) is 4.90 Å². The Morgan fingerprint density at radius 3 is 2.44 bits per heavy atom. The quantitative estimate of drug-likeness (QED) is 0.0251. The fraction of sp³-hybridized carbons (Fsp3) is 0.385. The molecular formula is C52H56N4O10. The van der Waals surface area contributed by atoms with Crippen molar-refractivity contribution in [3.63, 3.8) is 0 Å². The molecule has 0 bridgehead atoms. The van der Waals surface area contributed by atoms with Crippen LogP contribution in [-0.4, -0.2) is 76.1 Å². The van der Waals surface area contributed by atoms with Crippen LogP contribution in [0.15, 0.2) is 120 Å². The van der Waals surface area contributed by atoms with Crippen molar-refractivity contribution in [2.24, 2.45) is 22.9 Å². The zero-order valence-corrected chi connectivity index (χ0v) is 37.1. The molecule has 0 radical (unpaired) electrons. The number of rotatable bonds is 22. The van der Waals surface area contributed by atoms with Crippen LogP contribution in [0, 0.1) is 39.2 Å². The van der Waals surface area contributed by atoms with Crippen LogP contribution in [0.3, 0.4) is 0 Å². The van der Waals surface area contributed by atoms with Crippen molar-refractivity contribution in [2.45, 2.75) is 82.6 Å². The molecule has 4 aromatic rings. The topological polar surface area (TPSA) is 194 Å². The third-order valence-corrected chi connectivity index (χ3v) is 12.8. The number of benzene rings is 4. The zero-order valence-electron chi connectivity index (χ0n) is 37.1. The molecule has 0 spiro atoms. The molecule has 4 aromatic carbocycles. The summed E-state index contributed by atoms with van der Waals surface area (Å²) < 4.78 is 20.9. The van der Waals surface area contributed by atoms with E-state index in [1.165, 1.54) is 12.1 Å². The zero-order chi connectivity index (χ0) is 46.6. The van der Waals surface area contributed by atoms with Crippen LogP contribution in [0.1, 0.15) is 102 Å². The Bertz CT molecular complexity index is 2460. The molecule has 0 saturated heterocycles. The molecule has 14 nitrogen and oxygen atoms in total. The number of oxime groups is 1. The molecule has 2 N–H and O–H groups in total. The van der Waals surface area contributed by atoms with Gasteiger partial charge in [-0.25, -0.2) is 0 Å². The van der Waals surface area contributed by atoms with Gasteiger partial charge in [0.05, 0.1) is 34.8 Å². The summed E-state index contributed by atoms with van der Waals surface area (Å²) in [5.41, 5.74) is 4.20. The number of nitrogens with zero attached hydrogens (tertiary/aromatic N) is 4. The number of carbonyl (C=O) groups is 2. The Labute approximate surface area is 384 Å². The van der Waals surface area contributed by atoms with Gasteiger partial charge in [0.25, 0.3) is 11.6 Å². The average Bonchev–Trinajstić information content (AvgIpc) is 3.34. The lowest BCUT2D eigenvalue weighted by atomic mass is 9.55. The lowest BCUT2D eigenvalue weighted by Gasteiger charge is -2.60. The number of unbranched alkanes of at least 4 members (excludes halogenated alkanes) is 2. The maximum atomic E-state index is 15.0. The third kappa shape index (κ3) is 10.2. The number of carbonyl (C=O) groups excluding carboxylic acids is 2. The summed E-state index contributed by atoms with van der Waals surface area (Å²) in [6, 6.07) is 26.6. The molecule has 1 amide bonds. The maximum Gasteiger partial charge on any atom is 0.269 e. The largest absolute Gasteiger partial charge is 0.459 e. The molecule has 0 unspecified atom stereocenters. The minimum atomic E-state index is -1.50. The van der Waals surface area contributed by atoms with Gasteiger partial charge in [-0.3, -0.25) is 19.7 Å². The number of nitriles is 1. The van der Waals surface area contributed by atoms with E-state index in [-0.39, 0.29) is 62.2 Å². The Morgan fingerprint density at radius 2 is 1.76 bits per heavy atom. The lowest BCUT2D eigenvalue weighted by Crippen LogP contribution is -2.70. The number of ether oxygens (including phenoxy) is 3. The predicted octanol–water partition coefficient (Wildman–Crippen LogP) is 9.46.